The highest BCUT2D eigenvalue weighted by Gasteiger charge is 2.19. The Kier molecular flexibility index (Phi) is 5.92. The summed E-state index contributed by atoms with van der Waals surface area (Å²) in [5.74, 6) is -0.185. The van der Waals surface area contributed by atoms with Crippen LogP contribution in [0.1, 0.15) is 5.69 Å². The lowest BCUT2D eigenvalue weighted by Crippen LogP contribution is -2.06. The van der Waals surface area contributed by atoms with E-state index in [1.165, 1.54) is 24.8 Å². The minimum absolute atomic E-state index is 0.201. The first kappa shape index (κ1) is 22.5. The van der Waals surface area contributed by atoms with Crippen LogP contribution in [0.5, 0.6) is 5.75 Å². The Balaban J connectivity index is 1.54. The summed E-state index contributed by atoms with van der Waals surface area (Å²) in [5, 5.41) is 1.51. The predicted molar refractivity (Wildman–Crippen MR) is 130 cm³/mol. The summed E-state index contributed by atoms with van der Waals surface area (Å²) in [7, 11) is -2.04. The van der Waals surface area contributed by atoms with E-state index >= 15 is 0 Å². The molecule has 9 heteroatoms. The van der Waals surface area contributed by atoms with Crippen molar-refractivity contribution in [3.8, 4) is 28.1 Å². The van der Waals surface area contributed by atoms with E-state index in [2.05, 4.69) is 19.9 Å². The van der Waals surface area contributed by atoms with Crippen molar-refractivity contribution in [2.24, 2.45) is 0 Å². The van der Waals surface area contributed by atoms with Crippen LogP contribution in [0.25, 0.3) is 33.2 Å². The van der Waals surface area contributed by atoms with Crippen molar-refractivity contribution in [3.63, 3.8) is 0 Å². The summed E-state index contributed by atoms with van der Waals surface area (Å²) < 4.78 is 44.8. The van der Waals surface area contributed by atoms with Crippen molar-refractivity contribution in [1.82, 2.24) is 19.9 Å². The molecule has 0 bridgehead atoms. The second kappa shape index (κ2) is 9.19. The van der Waals surface area contributed by atoms with Crippen molar-refractivity contribution in [3.05, 3.63) is 97.2 Å². The summed E-state index contributed by atoms with van der Waals surface area (Å²) in [4.78, 5) is 16.3. The summed E-state index contributed by atoms with van der Waals surface area (Å²) in [6.07, 6.45) is 5.94. The Morgan fingerprint density at radius 1 is 0.886 bits per heavy atom. The van der Waals surface area contributed by atoms with Gasteiger partial charge in [-0.3, -0.25) is 4.98 Å². The molecule has 0 saturated heterocycles. The maximum absolute atomic E-state index is 13.2. The molecule has 7 nitrogen and oxygen atoms in total. The van der Waals surface area contributed by atoms with Crippen LogP contribution in [0.3, 0.4) is 0 Å². The first-order valence-electron chi connectivity index (χ1n) is 10.6. The number of pyridine rings is 2. The number of hydrogen-bond donors (Lipinski definition) is 0. The third-order valence-electron chi connectivity index (χ3n) is 5.59. The fraction of sp³-hybridized carbons (Fsp3) is 0.0769. The van der Waals surface area contributed by atoms with Crippen LogP contribution in [0, 0.1) is 5.95 Å². The number of sulfone groups is 1. The van der Waals surface area contributed by atoms with Crippen molar-refractivity contribution in [2.45, 2.75) is 10.6 Å². The van der Waals surface area contributed by atoms with Crippen LogP contribution in [0.2, 0.25) is 0 Å². The maximum Gasteiger partial charge on any atom is 0.212 e. The lowest BCUT2D eigenvalue weighted by atomic mass is 9.99. The van der Waals surface area contributed by atoms with Gasteiger partial charge in [0.25, 0.3) is 0 Å². The van der Waals surface area contributed by atoms with Gasteiger partial charge in [0, 0.05) is 35.1 Å². The van der Waals surface area contributed by atoms with Crippen LogP contribution in [-0.2, 0) is 15.6 Å². The Morgan fingerprint density at radius 3 is 2.49 bits per heavy atom. The number of halogens is 1. The third-order valence-corrected chi connectivity index (χ3v) is 7.24. The molecule has 0 spiro atoms. The lowest BCUT2D eigenvalue weighted by molar-refractivity contribution is 0.416. The zero-order chi connectivity index (χ0) is 24.4. The van der Waals surface area contributed by atoms with E-state index in [9.17, 15) is 12.8 Å². The minimum Gasteiger partial charge on any atom is -0.496 e. The SMILES string of the molecule is COc1cc(-c2ccc(F)nc2)ccc1-c1nccc2cc(S(=O)(=O)Cc3ccncn3)ccc12. The molecular formula is C26H19FN4O3S. The molecule has 0 amide bonds. The molecule has 0 aliphatic rings. The van der Waals surface area contributed by atoms with Gasteiger partial charge in [-0.15, -0.1) is 0 Å². The third kappa shape index (κ3) is 4.58. The van der Waals surface area contributed by atoms with Gasteiger partial charge in [-0.1, -0.05) is 12.1 Å². The molecule has 5 aromatic rings. The van der Waals surface area contributed by atoms with Crippen molar-refractivity contribution >= 4 is 20.6 Å². The van der Waals surface area contributed by atoms with E-state index < -0.39 is 15.8 Å². The van der Waals surface area contributed by atoms with Gasteiger partial charge in [0.05, 0.1) is 29.1 Å². The Labute approximate surface area is 201 Å². The van der Waals surface area contributed by atoms with Gasteiger partial charge in [0.2, 0.25) is 5.95 Å². The average molecular weight is 487 g/mol. The second-order valence-corrected chi connectivity index (χ2v) is 9.78. The van der Waals surface area contributed by atoms with E-state index in [4.69, 9.17) is 4.74 Å². The zero-order valence-electron chi connectivity index (χ0n) is 18.6. The number of ether oxygens (including phenoxy) is 1. The van der Waals surface area contributed by atoms with E-state index in [0.29, 0.717) is 17.1 Å². The monoisotopic (exact) mass is 486 g/mol. The number of benzene rings is 2. The van der Waals surface area contributed by atoms with Gasteiger partial charge in [0.1, 0.15) is 12.1 Å². The largest absolute Gasteiger partial charge is 0.496 e. The summed E-state index contributed by atoms with van der Waals surface area (Å²) >= 11 is 0. The summed E-state index contributed by atoms with van der Waals surface area (Å²) in [5.41, 5.74) is 3.39. The summed E-state index contributed by atoms with van der Waals surface area (Å²) in [6, 6.07) is 16.9. The van der Waals surface area contributed by atoms with Crippen molar-refractivity contribution < 1.29 is 17.5 Å². The Morgan fingerprint density at radius 2 is 1.74 bits per heavy atom. The molecule has 0 aliphatic heterocycles. The fourth-order valence-electron chi connectivity index (χ4n) is 3.86. The van der Waals surface area contributed by atoms with Crippen LogP contribution in [0.15, 0.2) is 90.5 Å². The molecule has 174 valence electrons. The molecule has 3 heterocycles. The van der Waals surface area contributed by atoms with Gasteiger partial charge >= 0.3 is 0 Å². The Hall–Kier alpha value is -4.24. The number of fused-ring (bicyclic) bond motifs is 1. The molecule has 0 unspecified atom stereocenters. The molecule has 0 atom stereocenters. The molecule has 0 fully saturated rings. The van der Waals surface area contributed by atoms with Crippen LogP contribution < -0.4 is 4.74 Å². The Bertz CT molecular complexity index is 1630. The first-order valence-corrected chi connectivity index (χ1v) is 12.3. The van der Waals surface area contributed by atoms with Crippen molar-refractivity contribution in [1.29, 1.82) is 0 Å². The van der Waals surface area contributed by atoms with Gasteiger partial charge in [-0.25, -0.2) is 23.4 Å². The molecule has 3 aromatic heterocycles. The maximum atomic E-state index is 13.2. The number of nitrogens with zero attached hydrogens (tertiary/aromatic N) is 4. The number of aromatic nitrogens is 4. The molecule has 5 rings (SSSR count). The van der Waals surface area contributed by atoms with Crippen LogP contribution in [-0.4, -0.2) is 35.5 Å². The average Bonchev–Trinajstić information content (AvgIpc) is 2.88. The minimum atomic E-state index is -3.60. The molecule has 0 aliphatic carbocycles. The van der Waals surface area contributed by atoms with Crippen LogP contribution >= 0.6 is 0 Å². The predicted octanol–water partition coefficient (Wildman–Crippen LogP) is 4.88. The molecule has 0 saturated carbocycles. The standard InChI is InChI=1S/C26H19FN4O3S/c1-34-24-13-17(19-3-7-25(27)30-14-19)2-5-23(24)26-22-6-4-21(12-18(22)8-11-29-26)35(32,33)15-20-9-10-28-16-31-20/h2-14,16H,15H2,1H3. The highest BCUT2D eigenvalue weighted by atomic mass is 32.2. The molecule has 2 aromatic carbocycles. The van der Waals surface area contributed by atoms with E-state index in [1.54, 1.807) is 49.7 Å². The quantitative estimate of drug-likeness (QED) is 0.316. The second-order valence-electron chi connectivity index (χ2n) is 7.79. The zero-order valence-corrected chi connectivity index (χ0v) is 19.4. The summed E-state index contributed by atoms with van der Waals surface area (Å²) in [6.45, 7) is 0. The van der Waals surface area contributed by atoms with E-state index in [-0.39, 0.29) is 10.6 Å². The van der Waals surface area contributed by atoms with Crippen molar-refractivity contribution in [2.75, 3.05) is 7.11 Å². The highest BCUT2D eigenvalue weighted by molar-refractivity contribution is 7.90. The van der Waals surface area contributed by atoms with Crippen LogP contribution in [0.4, 0.5) is 4.39 Å². The van der Waals surface area contributed by atoms with Gasteiger partial charge in [-0.2, -0.15) is 4.39 Å². The molecule has 0 N–H and O–H groups in total. The van der Waals surface area contributed by atoms with Gasteiger partial charge < -0.3 is 4.74 Å². The molecule has 35 heavy (non-hydrogen) atoms. The van der Waals surface area contributed by atoms with Gasteiger partial charge in [-0.05, 0) is 59.5 Å². The number of hydrogen-bond acceptors (Lipinski definition) is 7. The highest BCUT2D eigenvalue weighted by Crippen LogP contribution is 2.37. The lowest BCUT2D eigenvalue weighted by Gasteiger charge is -2.13. The smallest absolute Gasteiger partial charge is 0.212 e. The normalized spacial score (nSPS) is 11.5. The number of rotatable bonds is 6. The number of methoxy groups -OCH3 is 1. The van der Waals surface area contributed by atoms with E-state index in [1.807, 2.05) is 18.2 Å². The molecular weight excluding hydrogens is 467 g/mol. The first-order chi connectivity index (χ1) is 16.9. The fourth-order valence-corrected chi connectivity index (χ4v) is 5.17. The van der Waals surface area contributed by atoms with Gasteiger partial charge in [0.15, 0.2) is 9.84 Å². The molecule has 0 radical (unpaired) electrons. The van der Waals surface area contributed by atoms with E-state index in [0.717, 1.165) is 27.5 Å². The topological polar surface area (TPSA) is 94.9 Å².